The quantitative estimate of drug-likeness (QED) is 0.213. The molecule has 0 aliphatic carbocycles. The van der Waals surface area contributed by atoms with Crippen molar-refractivity contribution in [1.82, 2.24) is 4.98 Å². The number of methoxy groups -OCH3 is 1. The Bertz CT molecular complexity index is 1530. The number of hydrogen-bond acceptors (Lipinski definition) is 7. The first-order valence-electron chi connectivity index (χ1n) is 11.2. The van der Waals surface area contributed by atoms with E-state index in [0.717, 1.165) is 11.3 Å². The summed E-state index contributed by atoms with van der Waals surface area (Å²) in [4.78, 5) is 32.5. The van der Waals surface area contributed by atoms with Crippen molar-refractivity contribution in [3.63, 3.8) is 0 Å². The summed E-state index contributed by atoms with van der Waals surface area (Å²) in [5.74, 6) is -1.43. The van der Waals surface area contributed by atoms with E-state index in [1.807, 2.05) is 6.92 Å². The van der Waals surface area contributed by atoms with E-state index < -0.39 is 23.5 Å². The van der Waals surface area contributed by atoms with Crippen molar-refractivity contribution < 1.29 is 28.6 Å². The number of nitrogens with zero attached hydrogens (tertiary/aromatic N) is 2. The zero-order valence-electron chi connectivity index (χ0n) is 19.4. The number of rotatable bonds is 6. The molecule has 1 fully saturated rings. The van der Waals surface area contributed by atoms with Crippen LogP contribution >= 0.6 is 11.3 Å². The summed E-state index contributed by atoms with van der Waals surface area (Å²) in [6.45, 7) is 2.27. The summed E-state index contributed by atoms with van der Waals surface area (Å²) in [5, 5.41) is 11.5. The van der Waals surface area contributed by atoms with Gasteiger partial charge in [-0.15, -0.1) is 0 Å². The maximum atomic E-state index is 13.8. The van der Waals surface area contributed by atoms with Crippen molar-refractivity contribution in [3.8, 4) is 11.5 Å². The Kier molecular flexibility index (Phi) is 6.15. The lowest BCUT2D eigenvalue weighted by Crippen LogP contribution is -2.29. The van der Waals surface area contributed by atoms with Gasteiger partial charge in [-0.05, 0) is 55.0 Å². The molecule has 3 aromatic carbocycles. The number of carbonyl (C=O) groups is 2. The van der Waals surface area contributed by atoms with Gasteiger partial charge in [-0.1, -0.05) is 35.6 Å². The van der Waals surface area contributed by atoms with E-state index in [4.69, 9.17) is 9.47 Å². The molecule has 0 radical (unpaired) electrons. The van der Waals surface area contributed by atoms with Gasteiger partial charge in [0, 0.05) is 5.56 Å². The summed E-state index contributed by atoms with van der Waals surface area (Å²) in [6, 6.07) is 16.7. The average molecular weight is 505 g/mol. The van der Waals surface area contributed by atoms with Gasteiger partial charge in [0.2, 0.25) is 0 Å². The molecule has 1 aromatic heterocycles. The number of fused-ring (bicyclic) bond motifs is 1. The molecular weight excluding hydrogens is 483 g/mol. The number of amides is 1. The Labute approximate surface area is 210 Å². The molecule has 5 rings (SSSR count). The van der Waals surface area contributed by atoms with Crippen LogP contribution in [0.15, 0.2) is 72.3 Å². The summed E-state index contributed by atoms with van der Waals surface area (Å²) in [6.07, 6.45) is 0. The maximum absolute atomic E-state index is 13.8. The number of ether oxygens (including phenoxy) is 2. The normalized spacial score (nSPS) is 17.1. The minimum atomic E-state index is -0.985. The topological polar surface area (TPSA) is 89.0 Å². The van der Waals surface area contributed by atoms with E-state index in [1.54, 1.807) is 48.5 Å². The van der Waals surface area contributed by atoms with Gasteiger partial charge < -0.3 is 14.6 Å². The first-order valence-corrected chi connectivity index (χ1v) is 12.0. The number of hydrogen-bond donors (Lipinski definition) is 1. The number of thiazole rings is 1. The Morgan fingerprint density at radius 1 is 1.08 bits per heavy atom. The number of ketones is 1. The molecule has 1 aliphatic heterocycles. The predicted octanol–water partition coefficient (Wildman–Crippen LogP) is 5.47. The zero-order valence-corrected chi connectivity index (χ0v) is 20.2. The minimum absolute atomic E-state index is 0.0904. The fourth-order valence-electron chi connectivity index (χ4n) is 4.20. The molecule has 182 valence electrons. The third-order valence-electron chi connectivity index (χ3n) is 5.82. The van der Waals surface area contributed by atoms with E-state index in [9.17, 15) is 19.1 Å². The first kappa shape index (κ1) is 23.5. The number of aromatic nitrogens is 1. The number of anilines is 1. The number of aliphatic hydroxyl groups is 1. The smallest absolute Gasteiger partial charge is 0.301 e. The Hall–Kier alpha value is -4.24. The van der Waals surface area contributed by atoms with Crippen molar-refractivity contribution in [2.45, 2.75) is 13.0 Å². The molecule has 1 unspecified atom stereocenters. The predicted molar refractivity (Wildman–Crippen MR) is 135 cm³/mol. The highest BCUT2D eigenvalue weighted by molar-refractivity contribution is 7.22. The van der Waals surface area contributed by atoms with Gasteiger partial charge in [-0.2, -0.15) is 0 Å². The monoisotopic (exact) mass is 504 g/mol. The van der Waals surface area contributed by atoms with E-state index >= 15 is 0 Å². The van der Waals surface area contributed by atoms with Crippen LogP contribution in [0.4, 0.5) is 9.52 Å². The lowest BCUT2D eigenvalue weighted by atomic mass is 9.95. The molecule has 4 aromatic rings. The second kappa shape index (κ2) is 9.43. The highest BCUT2D eigenvalue weighted by Crippen LogP contribution is 2.45. The number of carbonyl (C=O) groups excluding carboxylic acids is 2. The van der Waals surface area contributed by atoms with Gasteiger partial charge in [-0.25, -0.2) is 9.37 Å². The SMILES string of the molecule is CCOc1cccc(C(O)=C2C(=O)C(=O)N(c3nc4ccc(F)cc4s3)C2c2cccc(OC)c2)c1. The fourth-order valence-corrected chi connectivity index (χ4v) is 5.22. The fraction of sp³-hybridized carbons (Fsp3) is 0.148. The third-order valence-corrected chi connectivity index (χ3v) is 6.84. The summed E-state index contributed by atoms with van der Waals surface area (Å²) >= 11 is 1.09. The molecule has 0 spiro atoms. The van der Waals surface area contributed by atoms with Crippen molar-refractivity contribution >= 4 is 44.1 Å². The second-order valence-electron chi connectivity index (χ2n) is 8.02. The van der Waals surface area contributed by atoms with Crippen LogP contribution in [0.3, 0.4) is 0 Å². The van der Waals surface area contributed by atoms with E-state index in [-0.39, 0.29) is 16.5 Å². The van der Waals surface area contributed by atoms with Crippen molar-refractivity contribution in [3.05, 3.63) is 89.2 Å². The average Bonchev–Trinajstić information content (AvgIpc) is 3.41. The second-order valence-corrected chi connectivity index (χ2v) is 9.02. The van der Waals surface area contributed by atoms with Crippen LogP contribution in [0.1, 0.15) is 24.1 Å². The number of halogens is 1. The molecular formula is C27H21FN2O5S. The van der Waals surface area contributed by atoms with Crippen molar-refractivity contribution in [2.75, 3.05) is 18.6 Å². The lowest BCUT2D eigenvalue weighted by Gasteiger charge is -2.23. The van der Waals surface area contributed by atoms with Crippen LogP contribution in [0.5, 0.6) is 11.5 Å². The number of aliphatic hydroxyl groups excluding tert-OH is 1. The molecule has 1 atom stereocenters. The molecule has 1 aliphatic rings. The molecule has 0 bridgehead atoms. The van der Waals surface area contributed by atoms with E-state index in [2.05, 4.69) is 4.98 Å². The first-order chi connectivity index (χ1) is 17.4. The van der Waals surface area contributed by atoms with Crippen LogP contribution < -0.4 is 14.4 Å². The van der Waals surface area contributed by atoms with Gasteiger partial charge >= 0.3 is 5.91 Å². The summed E-state index contributed by atoms with van der Waals surface area (Å²) < 4.78 is 25.2. The van der Waals surface area contributed by atoms with Gasteiger partial charge in [0.25, 0.3) is 5.78 Å². The molecule has 0 saturated carbocycles. The molecule has 9 heteroatoms. The van der Waals surface area contributed by atoms with E-state index in [1.165, 1.54) is 30.2 Å². The van der Waals surface area contributed by atoms with Crippen molar-refractivity contribution in [1.29, 1.82) is 0 Å². The van der Waals surface area contributed by atoms with Gasteiger partial charge in [-0.3, -0.25) is 14.5 Å². The molecule has 1 amide bonds. The van der Waals surface area contributed by atoms with Crippen LogP contribution in [-0.2, 0) is 9.59 Å². The third kappa shape index (κ3) is 4.07. The maximum Gasteiger partial charge on any atom is 0.301 e. The standard InChI is InChI=1S/C27H21FN2O5S/c1-3-35-19-9-5-7-16(13-19)24(31)22-23(15-6-4-8-18(12-15)34-2)30(26(33)25(22)32)27-29-20-11-10-17(28)14-21(20)36-27/h4-14,23,31H,3H2,1-2H3. The zero-order chi connectivity index (χ0) is 25.4. The van der Waals surface area contributed by atoms with Crippen LogP contribution in [0.2, 0.25) is 0 Å². The summed E-state index contributed by atoms with van der Waals surface area (Å²) in [5.41, 5.74) is 1.28. The van der Waals surface area contributed by atoms with Gasteiger partial charge in [0.15, 0.2) is 5.13 Å². The van der Waals surface area contributed by atoms with Crippen LogP contribution in [-0.4, -0.2) is 35.5 Å². The van der Waals surface area contributed by atoms with Crippen molar-refractivity contribution in [2.24, 2.45) is 0 Å². The molecule has 7 nitrogen and oxygen atoms in total. The number of benzene rings is 3. The largest absolute Gasteiger partial charge is 0.507 e. The molecule has 1 N–H and O–H groups in total. The highest BCUT2D eigenvalue weighted by atomic mass is 32.1. The summed E-state index contributed by atoms with van der Waals surface area (Å²) in [7, 11) is 1.51. The molecule has 36 heavy (non-hydrogen) atoms. The lowest BCUT2D eigenvalue weighted by molar-refractivity contribution is -0.132. The Morgan fingerprint density at radius 2 is 1.86 bits per heavy atom. The molecule has 1 saturated heterocycles. The van der Waals surface area contributed by atoms with Crippen LogP contribution in [0, 0.1) is 5.82 Å². The van der Waals surface area contributed by atoms with E-state index in [0.29, 0.717) is 39.4 Å². The Morgan fingerprint density at radius 3 is 2.64 bits per heavy atom. The highest BCUT2D eigenvalue weighted by Gasteiger charge is 2.48. The van der Waals surface area contributed by atoms with Gasteiger partial charge in [0.05, 0.1) is 35.5 Å². The van der Waals surface area contributed by atoms with Gasteiger partial charge in [0.1, 0.15) is 23.1 Å². The van der Waals surface area contributed by atoms with Crippen LogP contribution in [0.25, 0.3) is 16.0 Å². The molecule has 2 heterocycles. The Balaban J connectivity index is 1.72. The number of Topliss-reactive ketones (excluding diaryl/α,β-unsaturated/α-hetero) is 1. The minimum Gasteiger partial charge on any atom is -0.507 e.